The molecule has 0 radical (unpaired) electrons. The molecule has 1 amide bonds. The molecule has 2 aromatic rings. The summed E-state index contributed by atoms with van der Waals surface area (Å²) in [6.45, 7) is 0.785. The van der Waals surface area contributed by atoms with Crippen molar-refractivity contribution in [3.8, 4) is 5.75 Å². The van der Waals surface area contributed by atoms with Crippen molar-refractivity contribution in [3.05, 3.63) is 63.6 Å². The molecule has 0 unspecified atom stereocenters. The van der Waals surface area contributed by atoms with Gasteiger partial charge in [-0.2, -0.15) is 0 Å². The first-order valence-electron chi connectivity index (χ1n) is 7.96. The van der Waals surface area contributed by atoms with E-state index in [2.05, 4.69) is 5.32 Å². The maximum atomic E-state index is 12.0. The Morgan fingerprint density at radius 2 is 1.74 bits per heavy atom. The molecular weight excluding hydrogens is 393 g/mol. The van der Waals surface area contributed by atoms with Gasteiger partial charge in [0.15, 0.2) is 19.0 Å². The number of ketones is 1. The van der Waals surface area contributed by atoms with Crippen molar-refractivity contribution in [2.75, 3.05) is 19.8 Å². The van der Waals surface area contributed by atoms with E-state index in [-0.39, 0.29) is 23.7 Å². The second-order valence-electron chi connectivity index (χ2n) is 5.54. The summed E-state index contributed by atoms with van der Waals surface area (Å²) in [6.07, 6.45) is 0. The Bertz CT molecular complexity index is 854. The Kier molecular flexibility index (Phi) is 7.64. The molecule has 0 spiro atoms. The van der Waals surface area contributed by atoms with Crippen LogP contribution in [0.2, 0.25) is 10.0 Å². The lowest BCUT2D eigenvalue weighted by Gasteiger charge is -2.09. The summed E-state index contributed by atoms with van der Waals surface area (Å²) in [4.78, 5) is 35.3. The molecule has 142 valence electrons. The number of nitrogens with one attached hydrogen (secondary N) is 1. The maximum absolute atomic E-state index is 12.0. The van der Waals surface area contributed by atoms with Crippen molar-refractivity contribution in [2.45, 2.75) is 6.92 Å². The summed E-state index contributed by atoms with van der Waals surface area (Å²) in [7, 11) is 0. The predicted octanol–water partition coefficient (Wildman–Crippen LogP) is 3.22. The first-order valence-corrected chi connectivity index (χ1v) is 8.71. The third-order valence-electron chi connectivity index (χ3n) is 3.49. The highest BCUT2D eigenvalue weighted by atomic mass is 35.5. The average molecular weight is 410 g/mol. The predicted molar refractivity (Wildman–Crippen MR) is 101 cm³/mol. The van der Waals surface area contributed by atoms with Crippen LogP contribution in [0, 0.1) is 6.92 Å². The highest BCUT2D eigenvalue weighted by Crippen LogP contribution is 2.22. The molecule has 0 heterocycles. The van der Waals surface area contributed by atoms with Crippen LogP contribution in [-0.4, -0.2) is 37.4 Å². The monoisotopic (exact) mass is 409 g/mol. The summed E-state index contributed by atoms with van der Waals surface area (Å²) in [5, 5.41) is 2.92. The van der Waals surface area contributed by atoms with Gasteiger partial charge in [0.2, 0.25) is 0 Å². The molecule has 0 saturated heterocycles. The Labute approximate surface area is 166 Å². The zero-order chi connectivity index (χ0) is 19.8. The van der Waals surface area contributed by atoms with Gasteiger partial charge in [-0.25, -0.2) is 0 Å². The third-order valence-corrected chi connectivity index (χ3v) is 4.23. The smallest absolute Gasteiger partial charge is 0.325 e. The van der Waals surface area contributed by atoms with E-state index in [1.165, 1.54) is 18.2 Å². The number of para-hydroxylation sites is 1. The van der Waals surface area contributed by atoms with Gasteiger partial charge >= 0.3 is 5.97 Å². The van der Waals surface area contributed by atoms with Crippen molar-refractivity contribution in [1.82, 2.24) is 5.32 Å². The van der Waals surface area contributed by atoms with Crippen LogP contribution in [0.15, 0.2) is 42.5 Å². The van der Waals surface area contributed by atoms with Crippen LogP contribution in [0.25, 0.3) is 0 Å². The number of rotatable bonds is 8. The fraction of sp³-hybridized carbons (Fsp3) is 0.211. The second-order valence-corrected chi connectivity index (χ2v) is 6.36. The van der Waals surface area contributed by atoms with Gasteiger partial charge in [-0.3, -0.25) is 14.4 Å². The summed E-state index contributed by atoms with van der Waals surface area (Å²) in [5.41, 5.74) is 1.17. The number of carbonyl (C=O) groups is 3. The minimum atomic E-state index is -0.743. The highest BCUT2D eigenvalue weighted by molar-refractivity contribution is 6.42. The molecule has 6 nitrogen and oxygen atoms in total. The normalized spacial score (nSPS) is 10.2. The number of hydrogen-bond donors (Lipinski definition) is 1. The Morgan fingerprint density at radius 1 is 1.00 bits per heavy atom. The Hall–Kier alpha value is -2.57. The first-order chi connectivity index (χ1) is 12.9. The van der Waals surface area contributed by atoms with Crippen LogP contribution in [0.1, 0.15) is 15.9 Å². The zero-order valence-electron chi connectivity index (χ0n) is 14.5. The summed E-state index contributed by atoms with van der Waals surface area (Å²) in [6, 6.07) is 11.6. The van der Waals surface area contributed by atoms with Gasteiger partial charge in [0, 0.05) is 5.56 Å². The lowest BCUT2D eigenvalue weighted by atomic mass is 10.1. The van der Waals surface area contributed by atoms with Gasteiger partial charge in [-0.15, -0.1) is 0 Å². The van der Waals surface area contributed by atoms with E-state index < -0.39 is 24.3 Å². The third kappa shape index (κ3) is 6.58. The summed E-state index contributed by atoms with van der Waals surface area (Å²) >= 11 is 11.6. The van der Waals surface area contributed by atoms with E-state index in [0.29, 0.717) is 10.8 Å². The lowest BCUT2D eigenvalue weighted by molar-refractivity contribution is -0.143. The van der Waals surface area contributed by atoms with E-state index in [1.54, 1.807) is 12.1 Å². The molecule has 0 atom stereocenters. The average Bonchev–Trinajstić information content (AvgIpc) is 2.65. The van der Waals surface area contributed by atoms with Crippen molar-refractivity contribution >= 4 is 40.9 Å². The van der Waals surface area contributed by atoms with Gasteiger partial charge in [0.25, 0.3) is 5.91 Å². The Morgan fingerprint density at radius 3 is 2.44 bits per heavy atom. The van der Waals surface area contributed by atoms with Crippen molar-refractivity contribution in [2.24, 2.45) is 0 Å². The molecule has 0 aromatic heterocycles. The molecule has 27 heavy (non-hydrogen) atoms. The molecule has 1 N–H and O–H groups in total. The molecule has 2 rings (SSSR count). The SMILES string of the molecule is Cc1ccccc1OCC(=O)NCC(=O)OCC(=O)c1ccc(Cl)c(Cl)c1. The molecule has 8 heteroatoms. The highest BCUT2D eigenvalue weighted by Gasteiger charge is 2.13. The number of carbonyl (C=O) groups excluding carboxylic acids is 3. The number of halogens is 2. The molecule has 2 aromatic carbocycles. The standard InChI is InChI=1S/C19H17Cl2NO5/c1-12-4-2-3-5-17(12)26-11-18(24)22-9-19(25)27-10-16(23)13-6-7-14(20)15(21)8-13/h2-8H,9-11H2,1H3,(H,22,24). The van der Waals surface area contributed by atoms with Crippen LogP contribution in [-0.2, 0) is 14.3 Å². The van der Waals surface area contributed by atoms with Gasteiger partial charge in [0.05, 0.1) is 10.0 Å². The molecule has 0 bridgehead atoms. The molecule has 0 aliphatic rings. The topological polar surface area (TPSA) is 81.7 Å². The zero-order valence-corrected chi connectivity index (χ0v) is 16.0. The first kappa shape index (κ1) is 20.7. The van der Waals surface area contributed by atoms with Crippen LogP contribution >= 0.6 is 23.2 Å². The number of hydrogen-bond acceptors (Lipinski definition) is 5. The molecule has 0 saturated carbocycles. The number of benzene rings is 2. The maximum Gasteiger partial charge on any atom is 0.325 e. The Balaban J connectivity index is 1.71. The minimum absolute atomic E-state index is 0.231. The van der Waals surface area contributed by atoms with Crippen molar-refractivity contribution in [3.63, 3.8) is 0 Å². The van der Waals surface area contributed by atoms with Crippen LogP contribution in [0.3, 0.4) is 0 Å². The van der Waals surface area contributed by atoms with E-state index in [1.807, 2.05) is 19.1 Å². The number of Topliss-reactive ketones (excluding diaryl/α,β-unsaturated/α-hetero) is 1. The lowest BCUT2D eigenvalue weighted by Crippen LogP contribution is -2.34. The molecule has 0 fully saturated rings. The molecular formula is C19H17Cl2NO5. The van der Waals surface area contributed by atoms with Gasteiger partial charge in [-0.05, 0) is 36.8 Å². The van der Waals surface area contributed by atoms with Crippen molar-refractivity contribution in [1.29, 1.82) is 0 Å². The molecule has 0 aliphatic carbocycles. The van der Waals surface area contributed by atoms with Gasteiger partial charge < -0.3 is 14.8 Å². The summed E-state index contributed by atoms with van der Waals surface area (Å²) < 4.78 is 10.2. The summed E-state index contributed by atoms with van der Waals surface area (Å²) in [5.74, 6) is -1.07. The van der Waals surface area contributed by atoms with E-state index in [9.17, 15) is 14.4 Å². The number of aryl methyl sites for hydroxylation is 1. The second kappa shape index (κ2) is 9.94. The quantitative estimate of drug-likeness (QED) is 0.534. The van der Waals surface area contributed by atoms with Crippen LogP contribution in [0.4, 0.5) is 0 Å². The fourth-order valence-corrected chi connectivity index (χ4v) is 2.33. The van der Waals surface area contributed by atoms with E-state index in [0.717, 1.165) is 5.56 Å². The van der Waals surface area contributed by atoms with Crippen molar-refractivity contribution < 1.29 is 23.9 Å². The number of esters is 1. The fourth-order valence-electron chi connectivity index (χ4n) is 2.03. The van der Waals surface area contributed by atoms with E-state index >= 15 is 0 Å². The van der Waals surface area contributed by atoms with Crippen LogP contribution in [0.5, 0.6) is 5.75 Å². The number of amides is 1. The van der Waals surface area contributed by atoms with Gasteiger partial charge in [-0.1, -0.05) is 41.4 Å². The van der Waals surface area contributed by atoms with E-state index in [4.69, 9.17) is 32.7 Å². The van der Waals surface area contributed by atoms with Crippen LogP contribution < -0.4 is 10.1 Å². The largest absolute Gasteiger partial charge is 0.484 e. The number of ether oxygens (including phenoxy) is 2. The van der Waals surface area contributed by atoms with Gasteiger partial charge in [0.1, 0.15) is 12.3 Å². The minimum Gasteiger partial charge on any atom is -0.484 e. The molecule has 0 aliphatic heterocycles.